The fourth-order valence-electron chi connectivity index (χ4n) is 3.87. The number of carbonyl (C=O) groups is 1. The maximum absolute atomic E-state index is 12.5. The molecule has 2 saturated heterocycles. The highest BCUT2D eigenvalue weighted by Crippen LogP contribution is 2.41. The Balaban J connectivity index is 1.58. The summed E-state index contributed by atoms with van der Waals surface area (Å²) in [6.07, 6.45) is 5.14. The van der Waals surface area contributed by atoms with E-state index in [9.17, 15) is 4.79 Å². The van der Waals surface area contributed by atoms with Crippen LogP contribution in [0.1, 0.15) is 30.5 Å². The van der Waals surface area contributed by atoms with Crippen LogP contribution < -0.4 is 10.6 Å². The third-order valence-corrected chi connectivity index (χ3v) is 5.13. The van der Waals surface area contributed by atoms with Gasteiger partial charge >= 0.3 is 0 Å². The number of hydrogen-bond acceptors (Lipinski definition) is 4. The number of likely N-dealkylation sites (N-methyl/N-ethyl adjacent to an activating group) is 1. The molecule has 2 fully saturated rings. The van der Waals surface area contributed by atoms with Crippen LogP contribution in [0.3, 0.4) is 0 Å². The molecule has 5 heteroatoms. The van der Waals surface area contributed by atoms with E-state index in [0.717, 1.165) is 31.7 Å². The van der Waals surface area contributed by atoms with Gasteiger partial charge in [-0.25, -0.2) is 0 Å². The molecule has 0 bridgehead atoms. The summed E-state index contributed by atoms with van der Waals surface area (Å²) in [4.78, 5) is 19.1. The number of nitrogens with one attached hydrogen (secondary N) is 2. The van der Waals surface area contributed by atoms with E-state index in [-0.39, 0.29) is 11.9 Å². The lowest BCUT2D eigenvalue weighted by molar-refractivity contribution is -0.125. The smallest absolute Gasteiger partial charge is 0.237 e. The van der Waals surface area contributed by atoms with E-state index >= 15 is 0 Å². The van der Waals surface area contributed by atoms with Crippen molar-refractivity contribution in [3.05, 3.63) is 29.6 Å². The van der Waals surface area contributed by atoms with Crippen molar-refractivity contribution >= 4 is 5.91 Å². The van der Waals surface area contributed by atoms with Gasteiger partial charge in [0.2, 0.25) is 5.91 Å². The summed E-state index contributed by atoms with van der Waals surface area (Å²) >= 11 is 0. The van der Waals surface area contributed by atoms with Gasteiger partial charge in [0.25, 0.3) is 0 Å². The number of rotatable bonds is 3. The van der Waals surface area contributed by atoms with Crippen molar-refractivity contribution < 1.29 is 4.79 Å². The zero-order chi connectivity index (χ0) is 15.6. The molecule has 2 aliphatic rings. The minimum Gasteiger partial charge on any atom is -0.349 e. The molecule has 5 nitrogen and oxygen atoms in total. The van der Waals surface area contributed by atoms with Crippen LogP contribution >= 0.6 is 0 Å². The molecule has 0 aromatic carbocycles. The minimum absolute atomic E-state index is 0.00269. The van der Waals surface area contributed by atoms with E-state index in [1.54, 1.807) is 6.20 Å². The highest BCUT2D eigenvalue weighted by atomic mass is 16.2. The molecule has 2 aliphatic heterocycles. The predicted octanol–water partition coefficient (Wildman–Crippen LogP) is 1.08. The van der Waals surface area contributed by atoms with Crippen molar-refractivity contribution in [3.8, 4) is 0 Å². The number of hydrogen-bond donors (Lipinski definition) is 2. The Morgan fingerprint density at radius 3 is 3.00 bits per heavy atom. The van der Waals surface area contributed by atoms with E-state index in [4.69, 9.17) is 0 Å². The lowest BCUT2D eigenvalue weighted by Gasteiger charge is -2.33. The molecule has 3 heterocycles. The summed E-state index contributed by atoms with van der Waals surface area (Å²) in [6, 6.07) is 3.99. The molecule has 1 spiro atoms. The molecule has 1 atom stereocenters. The van der Waals surface area contributed by atoms with E-state index in [1.807, 2.05) is 19.1 Å². The Hall–Kier alpha value is -1.46. The van der Waals surface area contributed by atoms with E-state index < -0.39 is 0 Å². The molecular formula is C17H26N4O. The molecule has 0 saturated carbocycles. The highest BCUT2D eigenvalue weighted by Gasteiger charge is 2.45. The van der Waals surface area contributed by atoms with Crippen LogP contribution in [0.5, 0.6) is 0 Å². The lowest BCUT2D eigenvalue weighted by Crippen LogP contribution is -2.41. The van der Waals surface area contributed by atoms with E-state index in [0.29, 0.717) is 12.0 Å². The van der Waals surface area contributed by atoms with Crippen LogP contribution in [0.2, 0.25) is 0 Å². The Labute approximate surface area is 132 Å². The van der Waals surface area contributed by atoms with Gasteiger partial charge in [-0.2, -0.15) is 0 Å². The second kappa shape index (κ2) is 6.34. The lowest BCUT2D eigenvalue weighted by atomic mass is 9.77. The fourth-order valence-corrected chi connectivity index (χ4v) is 3.87. The Morgan fingerprint density at radius 2 is 2.27 bits per heavy atom. The van der Waals surface area contributed by atoms with Crippen LogP contribution in [0.25, 0.3) is 0 Å². The highest BCUT2D eigenvalue weighted by molar-refractivity contribution is 5.82. The summed E-state index contributed by atoms with van der Waals surface area (Å²) in [7, 11) is 2.08. The molecule has 3 rings (SSSR count). The van der Waals surface area contributed by atoms with Crippen molar-refractivity contribution in [2.45, 2.75) is 38.8 Å². The molecule has 22 heavy (non-hydrogen) atoms. The van der Waals surface area contributed by atoms with Crippen molar-refractivity contribution in [2.75, 3.05) is 26.7 Å². The van der Waals surface area contributed by atoms with Crippen LogP contribution in [0.15, 0.2) is 18.3 Å². The summed E-state index contributed by atoms with van der Waals surface area (Å²) < 4.78 is 0. The van der Waals surface area contributed by atoms with Crippen LogP contribution in [0, 0.1) is 12.3 Å². The molecule has 2 N–H and O–H groups in total. The van der Waals surface area contributed by atoms with Crippen LogP contribution in [-0.4, -0.2) is 48.5 Å². The average molecular weight is 302 g/mol. The zero-order valence-electron chi connectivity index (χ0n) is 13.6. The topological polar surface area (TPSA) is 57.3 Å². The second-order valence-electron chi connectivity index (χ2n) is 6.93. The molecule has 0 unspecified atom stereocenters. The van der Waals surface area contributed by atoms with Gasteiger partial charge in [-0.15, -0.1) is 0 Å². The van der Waals surface area contributed by atoms with Gasteiger partial charge in [-0.05, 0) is 69.4 Å². The fraction of sp³-hybridized carbons (Fsp3) is 0.647. The quantitative estimate of drug-likeness (QED) is 0.877. The summed E-state index contributed by atoms with van der Waals surface area (Å²) in [5.41, 5.74) is 2.43. The summed E-state index contributed by atoms with van der Waals surface area (Å²) in [6.45, 7) is 5.75. The monoisotopic (exact) mass is 302 g/mol. The van der Waals surface area contributed by atoms with Gasteiger partial charge < -0.3 is 10.6 Å². The molecule has 1 amide bonds. The standard InChI is InChI=1S/C17H26N4O/c1-13-3-6-19-14(9-13)11-20-16(22)15-10-17(12-21(15)2)4-7-18-8-5-17/h3,6,9,15,18H,4-5,7-8,10-12H2,1-2H3,(H,20,22)/t15-/m0/s1. The number of amides is 1. The van der Waals surface area contributed by atoms with Crippen molar-refractivity contribution in [2.24, 2.45) is 5.41 Å². The number of aromatic nitrogens is 1. The van der Waals surface area contributed by atoms with Gasteiger partial charge in [0.05, 0.1) is 18.3 Å². The molecule has 0 aliphatic carbocycles. The summed E-state index contributed by atoms with van der Waals surface area (Å²) in [5, 5.41) is 6.48. The van der Waals surface area contributed by atoms with Gasteiger partial charge in [-0.3, -0.25) is 14.7 Å². The van der Waals surface area contributed by atoms with Crippen molar-refractivity contribution in [3.63, 3.8) is 0 Å². The molecule has 1 aromatic heterocycles. The largest absolute Gasteiger partial charge is 0.349 e. The second-order valence-corrected chi connectivity index (χ2v) is 6.93. The third kappa shape index (κ3) is 3.31. The van der Waals surface area contributed by atoms with Crippen LogP contribution in [-0.2, 0) is 11.3 Å². The number of piperidine rings is 1. The maximum Gasteiger partial charge on any atom is 0.237 e. The average Bonchev–Trinajstić information content (AvgIpc) is 2.82. The third-order valence-electron chi connectivity index (χ3n) is 5.13. The Bertz CT molecular complexity index is 539. The van der Waals surface area contributed by atoms with Gasteiger partial charge in [0.15, 0.2) is 0 Å². The number of aryl methyl sites for hydroxylation is 1. The molecule has 1 aromatic rings. The van der Waals surface area contributed by atoms with Crippen molar-refractivity contribution in [1.29, 1.82) is 0 Å². The normalized spacial score (nSPS) is 24.5. The number of nitrogens with zero attached hydrogens (tertiary/aromatic N) is 2. The van der Waals surface area contributed by atoms with Gasteiger partial charge in [0, 0.05) is 12.7 Å². The first-order valence-corrected chi connectivity index (χ1v) is 8.18. The van der Waals surface area contributed by atoms with Gasteiger partial charge in [-0.1, -0.05) is 0 Å². The number of carbonyl (C=O) groups excluding carboxylic acids is 1. The first-order valence-electron chi connectivity index (χ1n) is 8.18. The SMILES string of the molecule is Cc1ccnc(CNC(=O)[C@@H]2CC3(CCNCC3)CN2C)c1. The first-order chi connectivity index (χ1) is 10.6. The number of pyridine rings is 1. The minimum atomic E-state index is 0.00269. The number of likely N-dealkylation sites (tertiary alicyclic amines) is 1. The van der Waals surface area contributed by atoms with E-state index in [2.05, 4.69) is 27.6 Å². The first kappa shape index (κ1) is 15.4. The molecule has 120 valence electrons. The zero-order valence-corrected chi connectivity index (χ0v) is 13.6. The molecule has 0 radical (unpaired) electrons. The Morgan fingerprint density at radius 1 is 1.50 bits per heavy atom. The predicted molar refractivity (Wildman–Crippen MR) is 86.4 cm³/mol. The Kier molecular flexibility index (Phi) is 4.45. The van der Waals surface area contributed by atoms with Crippen LogP contribution in [0.4, 0.5) is 0 Å². The van der Waals surface area contributed by atoms with E-state index in [1.165, 1.54) is 18.4 Å². The molecular weight excluding hydrogens is 276 g/mol. The summed E-state index contributed by atoms with van der Waals surface area (Å²) in [5.74, 6) is 0.140. The maximum atomic E-state index is 12.5. The van der Waals surface area contributed by atoms with Gasteiger partial charge in [0.1, 0.15) is 0 Å². The van der Waals surface area contributed by atoms with Crippen molar-refractivity contribution in [1.82, 2.24) is 20.5 Å².